The quantitative estimate of drug-likeness (QED) is 0.382. The van der Waals surface area contributed by atoms with Gasteiger partial charge in [0.1, 0.15) is 0 Å². The molecule has 0 aliphatic heterocycles. The molecule has 0 heterocycles. The van der Waals surface area contributed by atoms with E-state index in [0.29, 0.717) is 16.8 Å². The second-order valence-corrected chi connectivity index (χ2v) is 7.01. The number of benzene rings is 2. The van der Waals surface area contributed by atoms with Gasteiger partial charge in [0.05, 0.1) is 21.3 Å². The number of anilines is 1. The third-order valence-electron chi connectivity index (χ3n) is 3.64. The van der Waals surface area contributed by atoms with E-state index < -0.39 is 5.91 Å². The SMILES string of the molecule is CN/C=C(\C=N)c1cc(Cl)c(C(=O)NCc2cccc(Br)c2N)c(Cl)c1. The number of rotatable bonds is 6. The number of para-hydroxylation sites is 1. The molecule has 5 N–H and O–H groups in total. The van der Waals surface area contributed by atoms with Crippen molar-refractivity contribution in [3.05, 3.63) is 67.7 Å². The van der Waals surface area contributed by atoms with Crippen LogP contribution < -0.4 is 16.4 Å². The van der Waals surface area contributed by atoms with Crippen molar-refractivity contribution in [1.82, 2.24) is 10.6 Å². The van der Waals surface area contributed by atoms with Crippen molar-refractivity contribution in [2.75, 3.05) is 12.8 Å². The molecular weight excluding hydrogens is 439 g/mol. The average Bonchev–Trinajstić information content (AvgIpc) is 2.60. The molecule has 136 valence electrons. The van der Waals surface area contributed by atoms with E-state index in [0.717, 1.165) is 10.0 Å². The largest absolute Gasteiger partial charge is 0.398 e. The number of carbonyl (C=O) groups is 1. The fourth-order valence-corrected chi connectivity index (χ4v) is 3.39. The van der Waals surface area contributed by atoms with Crippen molar-refractivity contribution in [1.29, 1.82) is 5.41 Å². The second-order valence-electron chi connectivity index (χ2n) is 5.34. The predicted octanol–water partition coefficient (Wildman–Crippen LogP) is 4.48. The molecule has 0 unspecified atom stereocenters. The highest BCUT2D eigenvalue weighted by Crippen LogP contribution is 2.29. The van der Waals surface area contributed by atoms with Gasteiger partial charge in [-0.25, -0.2) is 0 Å². The standard InChI is InChI=1S/C18H17BrCl2N4O/c1-24-8-12(7-22)11-5-14(20)16(15(21)6-11)18(26)25-9-10-3-2-4-13(19)17(10)23/h2-8,22,24H,9,23H2,1H3,(H,25,26)/b12-8+,22-7?. The van der Waals surface area contributed by atoms with Crippen LogP contribution in [0.4, 0.5) is 5.69 Å². The molecule has 2 aromatic carbocycles. The summed E-state index contributed by atoms with van der Waals surface area (Å²) in [6.45, 7) is 0.240. The summed E-state index contributed by atoms with van der Waals surface area (Å²) in [7, 11) is 1.72. The Balaban J connectivity index is 2.25. The Morgan fingerprint density at radius 2 is 1.96 bits per heavy atom. The zero-order valence-corrected chi connectivity index (χ0v) is 17.0. The van der Waals surface area contributed by atoms with Gasteiger partial charge >= 0.3 is 0 Å². The van der Waals surface area contributed by atoms with Gasteiger partial charge in [0.2, 0.25) is 0 Å². The Kier molecular flexibility index (Phi) is 7.08. The summed E-state index contributed by atoms with van der Waals surface area (Å²) < 4.78 is 0.764. The topological polar surface area (TPSA) is 91.0 Å². The maximum absolute atomic E-state index is 12.5. The van der Waals surface area contributed by atoms with Crippen LogP contribution >= 0.6 is 39.1 Å². The number of amides is 1. The highest BCUT2D eigenvalue weighted by atomic mass is 79.9. The summed E-state index contributed by atoms with van der Waals surface area (Å²) in [5.74, 6) is -0.403. The molecule has 0 bridgehead atoms. The first kappa shape index (κ1) is 20.3. The van der Waals surface area contributed by atoms with Crippen LogP contribution in [0.1, 0.15) is 21.5 Å². The Hall–Kier alpha value is -2.02. The highest BCUT2D eigenvalue weighted by Gasteiger charge is 2.17. The van der Waals surface area contributed by atoms with Crippen molar-refractivity contribution < 1.29 is 4.79 Å². The molecule has 0 aliphatic carbocycles. The van der Waals surface area contributed by atoms with Gasteiger partial charge in [-0.15, -0.1) is 0 Å². The molecule has 2 aromatic rings. The number of nitrogen functional groups attached to an aromatic ring is 1. The summed E-state index contributed by atoms with van der Waals surface area (Å²) >= 11 is 15.9. The van der Waals surface area contributed by atoms with E-state index in [2.05, 4.69) is 26.6 Å². The molecule has 0 saturated carbocycles. The van der Waals surface area contributed by atoms with Gasteiger partial charge in [0, 0.05) is 36.1 Å². The lowest BCUT2D eigenvalue weighted by Gasteiger charge is -2.12. The van der Waals surface area contributed by atoms with E-state index in [1.54, 1.807) is 25.4 Å². The molecule has 2 rings (SSSR count). The summed E-state index contributed by atoms with van der Waals surface area (Å²) in [5.41, 5.74) is 8.73. The molecule has 0 atom stereocenters. The van der Waals surface area contributed by atoms with E-state index >= 15 is 0 Å². The van der Waals surface area contributed by atoms with E-state index in [1.807, 2.05) is 18.2 Å². The molecule has 0 aromatic heterocycles. The molecule has 5 nitrogen and oxygen atoms in total. The minimum absolute atomic E-state index is 0.180. The van der Waals surface area contributed by atoms with Crippen molar-refractivity contribution >= 4 is 62.5 Å². The second kappa shape index (κ2) is 9.07. The molecule has 26 heavy (non-hydrogen) atoms. The van der Waals surface area contributed by atoms with E-state index in [1.165, 1.54) is 6.21 Å². The van der Waals surface area contributed by atoms with Crippen molar-refractivity contribution in [2.45, 2.75) is 6.54 Å². The van der Waals surface area contributed by atoms with Gasteiger partial charge < -0.3 is 21.8 Å². The van der Waals surface area contributed by atoms with Crippen LogP contribution in [0.15, 0.2) is 41.0 Å². The fraction of sp³-hybridized carbons (Fsp3) is 0.111. The number of allylic oxidation sites excluding steroid dienone is 1. The van der Waals surface area contributed by atoms with Crippen LogP contribution in [0.5, 0.6) is 0 Å². The number of hydrogen-bond acceptors (Lipinski definition) is 4. The van der Waals surface area contributed by atoms with E-state index in [9.17, 15) is 4.79 Å². The summed E-state index contributed by atoms with van der Waals surface area (Å²) in [4.78, 5) is 12.5. The monoisotopic (exact) mass is 454 g/mol. The lowest BCUT2D eigenvalue weighted by molar-refractivity contribution is 0.0951. The minimum atomic E-state index is -0.403. The van der Waals surface area contributed by atoms with Gasteiger partial charge in [-0.1, -0.05) is 35.3 Å². The lowest BCUT2D eigenvalue weighted by Crippen LogP contribution is -2.24. The maximum Gasteiger partial charge on any atom is 0.254 e. The van der Waals surface area contributed by atoms with Crippen LogP contribution in [0.25, 0.3) is 5.57 Å². The molecule has 1 amide bonds. The van der Waals surface area contributed by atoms with Crippen LogP contribution in [0.2, 0.25) is 10.0 Å². The van der Waals surface area contributed by atoms with E-state index in [4.69, 9.17) is 34.3 Å². The van der Waals surface area contributed by atoms with Gasteiger partial charge in [0.25, 0.3) is 5.91 Å². The van der Waals surface area contributed by atoms with Crippen LogP contribution in [-0.4, -0.2) is 19.2 Å². The normalized spacial score (nSPS) is 11.2. The molecule has 0 radical (unpaired) electrons. The Labute approximate surface area is 170 Å². The van der Waals surface area contributed by atoms with Gasteiger partial charge in [-0.05, 0) is 45.3 Å². The smallest absolute Gasteiger partial charge is 0.254 e. The number of hydrogen-bond donors (Lipinski definition) is 4. The number of nitrogens with one attached hydrogen (secondary N) is 3. The average molecular weight is 456 g/mol. The zero-order chi connectivity index (χ0) is 19.3. The number of halogens is 3. The first-order valence-corrected chi connectivity index (χ1v) is 9.12. The summed E-state index contributed by atoms with van der Waals surface area (Å²) in [6, 6.07) is 8.69. The number of carbonyl (C=O) groups excluding carboxylic acids is 1. The molecule has 0 aliphatic rings. The molecule has 8 heteroatoms. The Morgan fingerprint density at radius 1 is 1.31 bits per heavy atom. The van der Waals surface area contributed by atoms with Gasteiger partial charge in [-0.3, -0.25) is 4.79 Å². The van der Waals surface area contributed by atoms with Crippen LogP contribution in [0.3, 0.4) is 0 Å². The first-order chi connectivity index (χ1) is 12.4. The maximum atomic E-state index is 12.5. The number of nitrogens with two attached hydrogens (primary N) is 1. The highest BCUT2D eigenvalue weighted by molar-refractivity contribution is 9.10. The summed E-state index contributed by atoms with van der Waals surface area (Å²) in [5, 5.41) is 13.5. The van der Waals surface area contributed by atoms with Crippen LogP contribution in [-0.2, 0) is 6.54 Å². The van der Waals surface area contributed by atoms with Gasteiger partial charge in [-0.2, -0.15) is 0 Å². The Bertz CT molecular complexity index is 860. The lowest BCUT2D eigenvalue weighted by atomic mass is 10.0. The summed E-state index contributed by atoms with van der Waals surface area (Å²) in [6.07, 6.45) is 2.82. The van der Waals surface area contributed by atoms with Crippen molar-refractivity contribution in [3.8, 4) is 0 Å². The van der Waals surface area contributed by atoms with E-state index in [-0.39, 0.29) is 22.2 Å². The molecule has 0 saturated heterocycles. The zero-order valence-electron chi connectivity index (χ0n) is 13.9. The van der Waals surface area contributed by atoms with Crippen molar-refractivity contribution in [3.63, 3.8) is 0 Å². The third kappa shape index (κ3) is 4.58. The predicted molar refractivity (Wildman–Crippen MR) is 112 cm³/mol. The fourth-order valence-electron chi connectivity index (χ4n) is 2.32. The Morgan fingerprint density at radius 3 is 2.54 bits per heavy atom. The van der Waals surface area contributed by atoms with Crippen molar-refractivity contribution in [2.24, 2.45) is 0 Å². The third-order valence-corrected chi connectivity index (χ3v) is 4.93. The molecular formula is C18H17BrCl2N4O. The molecule has 0 fully saturated rings. The molecule has 0 spiro atoms. The first-order valence-electron chi connectivity index (χ1n) is 7.57. The minimum Gasteiger partial charge on any atom is -0.398 e. The van der Waals surface area contributed by atoms with Gasteiger partial charge in [0.15, 0.2) is 0 Å². The van der Waals surface area contributed by atoms with Crippen LogP contribution in [0, 0.1) is 5.41 Å².